The molecule has 3 rings (SSSR count). The van der Waals surface area contributed by atoms with Crippen molar-refractivity contribution in [3.63, 3.8) is 0 Å². The van der Waals surface area contributed by atoms with Crippen LogP contribution in [0.25, 0.3) is 0 Å². The number of nitrogens with one attached hydrogen (secondary N) is 1. The van der Waals surface area contributed by atoms with E-state index in [1.807, 2.05) is 36.1 Å². The van der Waals surface area contributed by atoms with E-state index in [-0.39, 0.29) is 11.8 Å². The second kappa shape index (κ2) is 8.71. The lowest BCUT2D eigenvalue weighted by Gasteiger charge is -2.29. The van der Waals surface area contributed by atoms with Gasteiger partial charge in [-0.1, -0.05) is 44.0 Å². The fourth-order valence-corrected chi connectivity index (χ4v) is 3.60. The van der Waals surface area contributed by atoms with E-state index in [1.165, 1.54) is 12.8 Å². The summed E-state index contributed by atoms with van der Waals surface area (Å²) in [6.07, 6.45) is 5.09. The molecule has 0 aromatic heterocycles. The highest BCUT2D eigenvalue weighted by atomic mass is 16.2. The number of nitrogens with two attached hydrogens (primary N) is 1. The number of nitrogen functional groups attached to an aromatic ring is 1. The number of benzene rings is 2. The summed E-state index contributed by atoms with van der Waals surface area (Å²) < 4.78 is 0. The summed E-state index contributed by atoms with van der Waals surface area (Å²) in [5.74, 6) is 0.00000557. The van der Waals surface area contributed by atoms with Gasteiger partial charge in [-0.05, 0) is 42.7 Å². The molecule has 0 heterocycles. The number of rotatable bonds is 6. The number of para-hydroxylation sites is 2. The first-order chi connectivity index (χ1) is 13.1. The number of hydrogen-bond donors (Lipinski definition) is 2. The third-order valence-electron chi connectivity index (χ3n) is 5.17. The lowest BCUT2D eigenvalue weighted by molar-refractivity contribution is -0.133. The van der Waals surface area contributed by atoms with Gasteiger partial charge in [-0.3, -0.25) is 9.59 Å². The maximum absolute atomic E-state index is 12.4. The Morgan fingerprint density at radius 1 is 1.07 bits per heavy atom. The summed E-state index contributed by atoms with van der Waals surface area (Å²) in [6.45, 7) is 2.51. The molecule has 1 aliphatic carbocycles. The van der Waals surface area contributed by atoms with Crippen molar-refractivity contribution in [1.82, 2.24) is 4.90 Å². The van der Waals surface area contributed by atoms with E-state index >= 15 is 0 Å². The van der Waals surface area contributed by atoms with Crippen molar-refractivity contribution in [1.29, 1.82) is 0 Å². The molecular weight excluding hydrogens is 338 g/mol. The van der Waals surface area contributed by atoms with Crippen LogP contribution in [-0.4, -0.2) is 22.8 Å². The average molecular weight is 365 g/mol. The molecule has 0 unspecified atom stereocenters. The van der Waals surface area contributed by atoms with Gasteiger partial charge in [0, 0.05) is 24.6 Å². The number of amides is 2. The van der Waals surface area contributed by atoms with Gasteiger partial charge >= 0.3 is 0 Å². The third kappa shape index (κ3) is 4.67. The Kier molecular flexibility index (Phi) is 6.12. The molecule has 2 aromatic carbocycles. The van der Waals surface area contributed by atoms with Crippen molar-refractivity contribution in [2.75, 3.05) is 11.1 Å². The van der Waals surface area contributed by atoms with Crippen molar-refractivity contribution in [2.24, 2.45) is 0 Å². The zero-order chi connectivity index (χ0) is 19.2. The van der Waals surface area contributed by atoms with E-state index in [2.05, 4.69) is 5.32 Å². The second-order valence-electron chi connectivity index (χ2n) is 7.05. The summed E-state index contributed by atoms with van der Waals surface area (Å²) >= 11 is 0. The Morgan fingerprint density at radius 3 is 2.37 bits per heavy atom. The first-order valence-electron chi connectivity index (χ1n) is 9.62. The minimum atomic E-state index is -0.197. The fraction of sp³-hybridized carbons (Fsp3) is 0.364. The van der Waals surface area contributed by atoms with Crippen LogP contribution in [0.4, 0.5) is 11.4 Å². The summed E-state index contributed by atoms with van der Waals surface area (Å²) in [7, 11) is 0. The average Bonchev–Trinajstić information content (AvgIpc) is 3.22. The van der Waals surface area contributed by atoms with E-state index in [0.29, 0.717) is 35.9 Å². The standard InChI is InChI=1S/C22H27N3O2/c1-2-21(26)25(18-7-3-4-8-18)15-16-11-13-17(14-12-16)22(27)24-20-10-6-5-9-19(20)23/h5-6,9-14,18H,2-4,7-8,15,23H2,1H3,(H,24,27). The molecule has 2 amide bonds. The van der Waals surface area contributed by atoms with Crippen LogP contribution in [0.1, 0.15) is 54.9 Å². The zero-order valence-electron chi connectivity index (χ0n) is 15.8. The molecule has 27 heavy (non-hydrogen) atoms. The minimum Gasteiger partial charge on any atom is -0.397 e. The second-order valence-corrected chi connectivity index (χ2v) is 7.05. The molecule has 0 bridgehead atoms. The molecule has 0 spiro atoms. The van der Waals surface area contributed by atoms with Crippen LogP contribution >= 0.6 is 0 Å². The molecule has 5 heteroatoms. The molecule has 1 aliphatic rings. The van der Waals surface area contributed by atoms with Crippen LogP contribution in [0.15, 0.2) is 48.5 Å². The Morgan fingerprint density at radius 2 is 1.74 bits per heavy atom. The monoisotopic (exact) mass is 365 g/mol. The highest BCUT2D eigenvalue weighted by Gasteiger charge is 2.25. The Labute approximate surface area is 160 Å². The number of nitrogens with zero attached hydrogens (tertiary/aromatic N) is 1. The van der Waals surface area contributed by atoms with Gasteiger partial charge in [0.2, 0.25) is 5.91 Å². The Balaban J connectivity index is 1.67. The summed E-state index contributed by atoms with van der Waals surface area (Å²) in [5.41, 5.74) is 8.62. The Bertz CT molecular complexity index is 795. The largest absolute Gasteiger partial charge is 0.397 e. The normalized spacial score (nSPS) is 14.1. The van der Waals surface area contributed by atoms with Gasteiger partial charge in [0.05, 0.1) is 11.4 Å². The zero-order valence-corrected chi connectivity index (χ0v) is 15.8. The molecule has 3 N–H and O–H groups in total. The maximum Gasteiger partial charge on any atom is 0.255 e. The molecule has 0 atom stereocenters. The predicted molar refractivity (Wildman–Crippen MR) is 108 cm³/mol. The van der Waals surface area contributed by atoms with Crippen molar-refractivity contribution in [3.8, 4) is 0 Å². The van der Waals surface area contributed by atoms with Gasteiger partial charge in [-0.15, -0.1) is 0 Å². The summed E-state index contributed by atoms with van der Waals surface area (Å²) in [6, 6.07) is 15.0. The van der Waals surface area contributed by atoms with Gasteiger partial charge in [0.15, 0.2) is 0 Å². The van der Waals surface area contributed by atoms with Crippen LogP contribution in [0, 0.1) is 0 Å². The summed E-state index contributed by atoms with van der Waals surface area (Å²) in [4.78, 5) is 26.8. The molecule has 0 radical (unpaired) electrons. The molecular formula is C22H27N3O2. The molecule has 5 nitrogen and oxygen atoms in total. The van der Waals surface area contributed by atoms with Crippen molar-refractivity contribution < 1.29 is 9.59 Å². The van der Waals surface area contributed by atoms with Crippen LogP contribution in [0.3, 0.4) is 0 Å². The first kappa shape index (κ1) is 19.0. The topological polar surface area (TPSA) is 75.4 Å². The first-order valence-corrected chi connectivity index (χ1v) is 9.62. The SMILES string of the molecule is CCC(=O)N(Cc1ccc(C(=O)Nc2ccccc2N)cc1)C1CCCC1. The van der Waals surface area contributed by atoms with Crippen molar-refractivity contribution in [2.45, 2.75) is 51.6 Å². The number of carbonyl (C=O) groups excluding carboxylic acids is 2. The molecule has 1 fully saturated rings. The lowest BCUT2D eigenvalue weighted by Crippen LogP contribution is -2.37. The highest BCUT2D eigenvalue weighted by Crippen LogP contribution is 2.26. The predicted octanol–water partition coefficient (Wildman–Crippen LogP) is 4.20. The van der Waals surface area contributed by atoms with E-state index in [4.69, 9.17) is 5.73 Å². The van der Waals surface area contributed by atoms with Crippen LogP contribution in [-0.2, 0) is 11.3 Å². The van der Waals surface area contributed by atoms with E-state index < -0.39 is 0 Å². The van der Waals surface area contributed by atoms with Crippen molar-refractivity contribution >= 4 is 23.2 Å². The van der Waals surface area contributed by atoms with Crippen LogP contribution < -0.4 is 11.1 Å². The molecule has 2 aromatic rings. The molecule has 1 saturated carbocycles. The minimum absolute atomic E-state index is 0.197. The smallest absolute Gasteiger partial charge is 0.255 e. The maximum atomic E-state index is 12.4. The van der Waals surface area contributed by atoms with E-state index in [0.717, 1.165) is 18.4 Å². The van der Waals surface area contributed by atoms with Crippen LogP contribution in [0.5, 0.6) is 0 Å². The quantitative estimate of drug-likeness (QED) is 0.753. The van der Waals surface area contributed by atoms with Gasteiger partial charge in [-0.25, -0.2) is 0 Å². The summed E-state index contributed by atoms with van der Waals surface area (Å²) in [5, 5.41) is 2.83. The number of hydrogen-bond acceptors (Lipinski definition) is 3. The van der Waals surface area contributed by atoms with Crippen LogP contribution in [0.2, 0.25) is 0 Å². The van der Waals surface area contributed by atoms with Gasteiger partial charge in [0.1, 0.15) is 0 Å². The van der Waals surface area contributed by atoms with E-state index in [9.17, 15) is 9.59 Å². The fourth-order valence-electron chi connectivity index (χ4n) is 3.60. The number of anilines is 2. The number of carbonyl (C=O) groups is 2. The molecule has 0 saturated heterocycles. The third-order valence-corrected chi connectivity index (χ3v) is 5.17. The highest BCUT2D eigenvalue weighted by molar-refractivity contribution is 6.05. The molecule has 142 valence electrons. The van der Waals surface area contributed by atoms with E-state index in [1.54, 1.807) is 24.3 Å². The van der Waals surface area contributed by atoms with Gasteiger partial charge < -0.3 is 16.0 Å². The lowest BCUT2D eigenvalue weighted by atomic mass is 10.1. The van der Waals surface area contributed by atoms with Crippen molar-refractivity contribution in [3.05, 3.63) is 59.7 Å². The Hall–Kier alpha value is -2.82. The van der Waals surface area contributed by atoms with Gasteiger partial charge in [0.25, 0.3) is 5.91 Å². The molecule has 0 aliphatic heterocycles. The van der Waals surface area contributed by atoms with Gasteiger partial charge in [-0.2, -0.15) is 0 Å².